The van der Waals surface area contributed by atoms with Gasteiger partial charge in [0, 0.05) is 20.2 Å². The average Bonchev–Trinajstić information content (AvgIpc) is 2.30. The molecule has 17 heavy (non-hydrogen) atoms. The smallest absolute Gasteiger partial charge is 0.224 e. The molecule has 2 N–H and O–H groups in total. The first-order chi connectivity index (χ1) is 8.13. The highest BCUT2D eigenvalue weighted by Crippen LogP contribution is 2.10. The SMILES string of the molecule is CNc1ncc(F)c(NCCOCC(C)C)n1. The van der Waals surface area contributed by atoms with Crippen LogP contribution in [0.2, 0.25) is 0 Å². The Hall–Kier alpha value is -1.43. The van der Waals surface area contributed by atoms with E-state index < -0.39 is 5.82 Å². The number of aromatic nitrogens is 2. The van der Waals surface area contributed by atoms with E-state index in [4.69, 9.17) is 4.74 Å². The molecule has 1 aromatic heterocycles. The normalized spacial score (nSPS) is 10.6. The third-order valence-corrected chi connectivity index (χ3v) is 1.96. The third-order valence-electron chi connectivity index (χ3n) is 1.96. The molecule has 1 heterocycles. The first-order valence-electron chi connectivity index (χ1n) is 5.65. The lowest BCUT2D eigenvalue weighted by Gasteiger charge is -2.09. The van der Waals surface area contributed by atoms with Crippen molar-refractivity contribution in [3.05, 3.63) is 12.0 Å². The minimum Gasteiger partial charge on any atom is -0.379 e. The quantitative estimate of drug-likeness (QED) is 0.713. The van der Waals surface area contributed by atoms with E-state index in [1.165, 1.54) is 0 Å². The lowest BCUT2D eigenvalue weighted by molar-refractivity contribution is 0.118. The number of anilines is 2. The maximum atomic E-state index is 13.3. The van der Waals surface area contributed by atoms with Crippen LogP contribution in [-0.2, 0) is 4.74 Å². The molecule has 5 nitrogen and oxygen atoms in total. The van der Waals surface area contributed by atoms with E-state index in [2.05, 4.69) is 34.4 Å². The van der Waals surface area contributed by atoms with Crippen molar-refractivity contribution in [2.24, 2.45) is 5.92 Å². The monoisotopic (exact) mass is 242 g/mol. The van der Waals surface area contributed by atoms with Crippen LogP contribution in [0.4, 0.5) is 16.2 Å². The number of ether oxygens (including phenoxy) is 1. The Morgan fingerprint density at radius 2 is 2.24 bits per heavy atom. The molecule has 0 bridgehead atoms. The molecule has 1 aromatic rings. The van der Waals surface area contributed by atoms with Crippen molar-refractivity contribution in [1.82, 2.24) is 9.97 Å². The summed E-state index contributed by atoms with van der Waals surface area (Å²) in [6.07, 6.45) is 1.14. The van der Waals surface area contributed by atoms with Crippen molar-refractivity contribution in [1.29, 1.82) is 0 Å². The number of hydrogen-bond donors (Lipinski definition) is 2. The molecule has 0 radical (unpaired) electrons. The van der Waals surface area contributed by atoms with Gasteiger partial charge in [0.15, 0.2) is 11.6 Å². The Morgan fingerprint density at radius 3 is 2.88 bits per heavy atom. The summed E-state index contributed by atoms with van der Waals surface area (Å²) in [7, 11) is 1.68. The summed E-state index contributed by atoms with van der Waals surface area (Å²) in [5, 5.41) is 5.62. The summed E-state index contributed by atoms with van der Waals surface area (Å²) >= 11 is 0. The van der Waals surface area contributed by atoms with Crippen molar-refractivity contribution in [3.8, 4) is 0 Å². The van der Waals surface area contributed by atoms with Crippen molar-refractivity contribution >= 4 is 11.8 Å². The highest BCUT2D eigenvalue weighted by atomic mass is 19.1. The zero-order valence-electron chi connectivity index (χ0n) is 10.5. The van der Waals surface area contributed by atoms with Gasteiger partial charge in [0.05, 0.1) is 12.8 Å². The fourth-order valence-electron chi connectivity index (χ4n) is 1.17. The molecule has 0 unspecified atom stereocenters. The highest BCUT2D eigenvalue weighted by Gasteiger charge is 2.05. The van der Waals surface area contributed by atoms with Gasteiger partial charge in [0.2, 0.25) is 5.95 Å². The first kappa shape index (κ1) is 13.6. The fraction of sp³-hybridized carbons (Fsp3) is 0.636. The van der Waals surface area contributed by atoms with Gasteiger partial charge in [-0.25, -0.2) is 9.37 Å². The maximum absolute atomic E-state index is 13.3. The largest absolute Gasteiger partial charge is 0.379 e. The van der Waals surface area contributed by atoms with Gasteiger partial charge in [-0.05, 0) is 5.92 Å². The van der Waals surface area contributed by atoms with Crippen LogP contribution in [0.15, 0.2) is 6.20 Å². The first-order valence-corrected chi connectivity index (χ1v) is 5.65. The van der Waals surface area contributed by atoms with Crippen LogP contribution >= 0.6 is 0 Å². The van der Waals surface area contributed by atoms with E-state index in [1.54, 1.807) is 7.05 Å². The summed E-state index contributed by atoms with van der Waals surface area (Å²) in [5.74, 6) is 0.615. The topological polar surface area (TPSA) is 59.1 Å². The molecule has 96 valence electrons. The Balaban J connectivity index is 2.35. The van der Waals surface area contributed by atoms with Gasteiger partial charge >= 0.3 is 0 Å². The molecule has 0 aliphatic rings. The molecular weight excluding hydrogens is 223 g/mol. The van der Waals surface area contributed by atoms with Crippen LogP contribution in [0.25, 0.3) is 0 Å². The van der Waals surface area contributed by atoms with Gasteiger partial charge in [-0.15, -0.1) is 0 Å². The maximum Gasteiger partial charge on any atom is 0.224 e. The second kappa shape index (κ2) is 7.01. The molecule has 0 amide bonds. The van der Waals surface area contributed by atoms with Crippen molar-refractivity contribution in [2.45, 2.75) is 13.8 Å². The molecule has 6 heteroatoms. The lowest BCUT2D eigenvalue weighted by atomic mass is 10.2. The summed E-state index contributed by atoms with van der Waals surface area (Å²) < 4.78 is 18.7. The van der Waals surface area contributed by atoms with Crippen LogP contribution in [0.1, 0.15) is 13.8 Å². The van der Waals surface area contributed by atoms with Gasteiger partial charge in [-0.1, -0.05) is 13.8 Å². The molecule has 0 aliphatic carbocycles. The zero-order valence-corrected chi connectivity index (χ0v) is 10.5. The summed E-state index contributed by atoms with van der Waals surface area (Å²) in [6.45, 7) is 5.91. The fourth-order valence-corrected chi connectivity index (χ4v) is 1.17. The van der Waals surface area contributed by atoms with E-state index in [0.717, 1.165) is 6.20 Å². The number of rotatable bonds is 7. The predicted molar refractivity (Wildman–Crippen MR) is 65.7 cm³/mol. The Morgan fingerprint density at radius 1 is 1.47 bits per heavy atom. The van der Waals surface area contributed by atoms with Gasteiger partial charge in [0.25, 0.3) is 0 Å². The second-order valence-corrected chi connectivity index (χ2v) is 4.04. The van der Waals surface area contributed by atoms with E-state index in [1.807, 2.05) is 0 Å². The van der Waals surface area contributed by atoms with E-state index in [-0.39, 0.29) is 5.82 Å². The molecule has 0 saturated heterocycles. The van der Waals surface area contributed by atoms with Crippen LogP contribution in [0.5, 0.6) is 0 Å². The molecule has 0 saturated carbocycles. The van der Waals surface area contributed by atoms with Crippen LogP contribution < -0.4 is 10.6 Å². The minimum atomic E-state index is -0.465. The van der Waals surface area contributed by atoms with Crippen molar-refractivity contribution in [3.63, 3.8) is 0 Å². The zero-order chi connectivity index (χ0) is 12.7. The number of nitrogens with one attached hydrogen (secondary N) is 2. The Kier molecular flexibility index (Phi) is 5.62. The van der Waals surface area contributed by atoms with Crippen molar-refractivity contribution < 1.29 is 9.13 Å². The summed E-state index contributed by atoms with van der Waals surface area (Å²) in [4.78, 5) is 7.72. The van der Waals surface area contributed by atoms with E-state index >= 15 is 0 Å². The van der Waals surface area contributed by atoms with Crippen LogP contribution in [0, 0.1) is 11.7 Å². The standard InChI is InChI=1S/C11H19FN4O/c1-8(2)7-17-5-4-14-10-9(12)6-15-11(13-3)16-10/h6,8H,4-5,7H2,1-3H3,(H2,13,14,15,16). The van der Waals surface area contributed by atoms with Crippen LogP contribution in [-0.4, -0.2) is 36.8 Å². The lowest BCUT2D eigenvalue weighted by Crippen LogP contribution is -2.14. The third kappa shape index (κ3) is 4.95. The summed E-state index contributed by atoms with van der Waals surface area (Å²) in [5.41, 5.74) is 0. The molecule has 0 aliphatic heterocycles. The van der Waals surface area contributed by atoms with Crippen molar-refractivity contribution in [2.75, 3.05) is 37.4 Å². The molecule has 0 fully saturated rings. The molecule has 0 spiro atoms. The van der Waals surface area contributed by atoms with Gasteiger partial charge in [-0.2, -0.15) is 4.98 Å². The van der Waals surface area contributed by atoms with E-state index in [9.17, 15) is 4.39 Å². The molecular formula is C11H19FN4O. The van der Waals surface area contributed by atoms with Crippen LogP contribution in [0.3, 0.4) is 0 Å². The predicted octanol–water partition coefficient (Wildman–Crippen LogP) is 1.74. The average molecular weight is 242 g/mol. The van der Waals surface area contributed by atoms with E-state index in [0.29, 0.717) is 31.6 Å². The molecule has 0 atom stereocenters. The molecule has 1 rings (SSSR count). The molecule has 0 aromatic carbocycles. The number of hydrogen-bond acceptors (Lipinski definition) is 5. The summed E-state index contributed by atoms with van der Waals surface area (Å²) in [6, 6.07) is 0. The highest BCUT2D eigenvalue weighted by molar-refractivity contribution is 5.40. The number of halogens is 1. The number of nitrogens with zero attached hydrogens (tertiary/aromatic N) is 2. The minimum absolute atomic E-state index is 0.192. The second-order valence-electron chi connectivity index (χ2n) is 4.04. The van der Waals surface area contributed by atoms with Gasteiger partial charge in [0.1, 0.15) is 0 Å². The Labute approximate surface area is 101 Å². The Bertz CT molecular complexity index is 346. The van der Waals surface area contributed by atoms with Gasteiger partial charge < -0.3 is 15.4 Å². The van der Waals surface area contributed by atoms with Gasteiger partial charge in [-0.3, -0.25) is 0 Å².